The summed E-state index contributed by atoms with van der Waals surface area (Å²) >= 11 is 0. The van der Waals surface area contributed by atoms with Crippen LogP contribution < -0.4 is 11.2 Å². The molecule has 1 aliphatic heterocycles. The lowest BCUT2D eigenvalue weighted by molar-refractivity contribution is 0.0534. The normalized spacial score (nSPS) is 14.7. The second kappa shape index (κ2) is 9.07. The monoisotopic (exact) mass is 397 g/mol. The number of hydroxylamine groups is 1. The SMILES string of the molecule is CONC(=O)c1cc(C)cc(C(=O)N2CCC(c3cccc(CN)c3)CC2)c1O. The fourth-order valence-corrected chi connectivity index (χ4v) is 3.82. The third kappa shape index (κ3) is 4.58. The highest BCUT2D eigenvalue weighted by Crippen LogP contribution is 2.31. The van der Waals surface area contributed by atoms with Gasteiger partial charge in [0, 0.05) is 19.6 Å². The molecule has 0 aliphatic carbocycles. The van der Waals surface area contributed by atoms with E-state index in [2.05, 4.69) is 22.5 Å². The van der Waals surface area contributed by atoms with Gasteiger partial charge in [0.05, 0.1) is 18.2 Å². The molecule has 2 aromatic rings. The zero-order valence-electron chi connectivity index (χ0n) is 16.8. The molecule has 0 radical (unpaired) electrons. The van der Waals surface area contributed by atoms with Gasteiger partial charge in [0.25, 0.3) is 11.8 Å². The molecule has 1 saturated heterocycles. The highest BCUT2D eigenvalue weighted by atomic mass is 16.6. The Morgan fingerprint density at radius 3 is 2.55 bits per heavy atom. The Labute approximate surface area is 170 Å². The predicted molar refractivity (Wildman–Crippen MR) is 110 cm³/mol. The van der Waals surface area contributed by atoms with Gasteiger partial charge in [0.1, 0.15) is 5.75 Å². The van der Waals surface area contributed by atoms with Crippen LogP contribution in [0.3, 0.4) is 0 Å². The van der Waals surface area contributed by atoms with E-state index in [1.54, 1.807) is 17.9 Å². The number of hydrogen-bond acceptors (Lipinski definition) is 5. The number of carbonyl (C=O) groups excluding carboxylic acids is 2. The zero-order valence-corrected chi connectivity index (χ0v) is 16.8. The van der Waals surface area contributed by atoms with E-state index in [-0.39, 0.29) is 22.8 Å². The topological polar surface area (TPSA) is 105 Å². The summed E-state index contributed by atoms with van der Waals surface area (Å²) in [6.45, 7) is 3.46. The van der Waals surface area contributed by atoms with Crippen molar-refractivity contribution in [3.05, 3.63) is 64.2 Å². The molecule has 154 valence electrons. The van der Waals surface area contributed by atoms with Gasteiger partial charge in [0.15, 0.2) is 0 Å². The first-order valence-electron chi connectivity index (χ1n) is 9.69. The molecule has 3 rings (SSSR count). The van der Waals surface area contributed by atoms with Crippen molar-refractivity contribution in [1.82, 2.24) is 10.4 Å². The van der Waals surface area contributed by atoms with Crippen molar-refractivity contribution in [2.45, 2.75) is 32.2 Å². The van der Waals surface area contributed by atoms with E-state index >= 15 is 0 Å². The number of nitrogens with two attached hydrogens (primary N) is 1. The number of aryl methyl sites for hydroxylation is 1. The molecule has 1 heterocycles. The van der Waals surface area contributed by atoms with Gasteiger partial charge in [-0.25, -0.2) is 5.48 Å². The molecule has 4 N–H and O–H groups in total. The second-order valence-corrected chi connectivity index (χ2v) is 7.36. The number of phenols is 1. The number of aromatic hydroxyl groups is 1. The molecule has 1 fully saturated rings. The molecule has 0 saturated carbocycles. The standard InChI is InChI=1S/C22H27N3O4/c1-14-10-18(21(27)24-29-2)20(26)19(11-14)22(28)25-8-6-16(7-9-25)17-5-3-4-15(12-17)13-23/h3-5,10-12,16,26H,6-9,13,23H2,1-2H3,(H,24,27). The first kappa shape index (κ1) is 20.8. The minimum atomic E-state index is -0.596. The summed E-state index contributed by atoms with van der Waals surface area (Å²) in [6, 6.07) is 11.4. The van der Waals surface area contributed by atoms with Gasteiger partial charge < -0.3 is 15.7 Å². The van der Waals surface area contributed by atoms with E-state index in [0.717, 1.165) is 18.4 Å². The summed E-state index contributed by atoms with van der Waals surface area (Å²) in [5.41, 5.74) is 11.1. The van der Waals surface area contributed by atoms with Crippen LogP contribution in [0, 0.1) is 6.92 Å². The fraction of sp³-hybridized carbons (Fsp3) is 0.364. The third-order valence-corrected chi connectivity index (χ3v) is 5.36. The quantitative estimate of drug-likeness (QED) is 0.672. The van der Waals surface area contributed by atoms with Crippen molar-refractivity contribution < 1.29 is 19.5 Å². The number of amides is 2. The van der Waals surface area contributed by atoms with E-state index in [4.69, 9.17) is 5.73 Å². The van der Waals surface area contributed by atoms with Crippen LogP contribution in [-0.4, -0.2) is 42.0 Å². The van der Waals surface area contributed by atoms with Crippen molar-refractivity contribution in [1.29, 1.82) is 0 Å². The van der Waals surface area contributed by atoms with Gasteiger partial charge in [-0.2, -0.15) is 0 Å². The number of benzene rings is 2. The molecule has 29 heavy (non-hydrogen) atoms. The zero-order chi connectivity index (χ0) is 21.0. The van der Waals surface area contributed by atoms with E-state index in [1.165, 1.54) is 18.7 Å². The maximum Gasteiger partial charge on any atom is 0.278 e. The summed E-state index contributed by atoms with van der Waals surface area (Å²) in [6.07, 6.45) is 1.67. The van der Waals surface area contributed by atoms with Crippen molar-refractivity contribution in [3.63, 3.8) is 0 Å². The Morgan fingerprint density at radius 2 is 1.90 bits per heavy atom. The first-order valence-corrected chi connectivity index (χ1v) is 9.69. The lowest BCUT2D eigenvalue weighted by Gasteiger charge is -2.32. The third-order valence-electron chi connectivity index (χ3n) is 5.36. The minimum absolute atomic E-state index is 0.0173. The lowest BCUT2D eigenvalue weighted by Crippen LogP contribution is -2.38. The average molecular weight is 397 g/mol. The minimum Gasteiger partial charge on any atom is -0.506 e. The van der Waals surface area contributed by atoms with Crippen LogP contribution in [0.25, 0.3) is 0 Å². The maximum atomic E-state index is 13.0. The van der Waals surface area contributed by atoms with E-state index in [9.17, 15) is 14.7 Å². The highest BCUT2D eigenvalue weighted by Gasteiger charge is 2.28. The number of rotatable bonds is 5. The van der Waals surface area contributed by atoms with E-state index in [0.29, 0.717) is 31.1 Å². The molecule has 2 amide bonds. The van der Waals surface area contributed by atoms with Gasteiger partial charge in [-0.05, 0) is 54.5 Å². The molecule has 0 atom stereocenters. The number of carbonyl (C=O) groups is 2. The van der Waals surface area contributed by atoms with Gasteiger partial charge >= 0.3 is 0 Å². The van der Waals surface area contributed by atoms with Crippen molar-refractivity contribution >= 4 is 11.8 Å². The Hall–Kier alpha value is -2.90. The number of likely N-dealkylation sites (tertiary alicyclic amines) is 1. The first-order chi connectivity index (χ1) is 13.9. The van der Waals surface area contributed by atoms with E-state index in [1.807, 2.05) is 12.1 Å². The van der Waals surface area contributed by atoms with Gasteiger partial charge in [-0.1, -0.05) is 24.3 Å². The van der Waals surface area contributed by atoms with Gasteiger partial charge in [-0.3, -0.25) is 14.4 Å². The molecular formula is C22H27N3O4. The van der Waals surface area contributed by atoms with Crippen LogP contribution >= 0.6 is 0 Å². The Balaban J connectivity index is 1.74. The predicted octanol–water partition coefficient (Wildman–Crippen LogP) is 2.47. The molecular weight excluding hydrogens is 370 g/mol. The molecule has 0 aromatic heterocycles. The molecule has 0 bridgehead atoms. The molecule has 7 nitrogen and oxygen atoms in total. The van der Waals surface area contributed by atoms with Crippen molar-refractivity contribution in [2.75, 3.05) is 20.2 Å². The largest absolute Gasteiger partial charge is 0.506 e. The number of piperidine rings is 1. The van der Waals surface area contributed by atoms with E-state index < -0.39 is 5.91 Å². The maximum absolute atomic E-state index is 13.0. The van der Waals surface area contributed by atoms with Crippen LogP contribution in [0.1, 0.15) is 56.2 Å². The second-order valence-electron chi connectivity index (χ2n) is 7.36. The van der Waals surface area contributed by atoms with Crippen molar-refractivity contribution in [2.24, 2.45) is 5.73 Å². The summed E-state index contributed by atoms with van der Waals surface area (Å²) in [5.74, 6) is -0.819. The number of hydrogen-bond donors (Lipinski definition) is 3. The van der Waals surface area contributed by atoms with Gasteiger partial charge in [0.2, 0.25) is 0 Å². The molecule has 1 aliphatic rings. The smallest absolute Gasteiger partial charge is 0.278 e. The van der Waals surface area contributed by atoms with Crippen LogP contribution in [0.5, 0.6) is 5.75 Å². The van der Waals surface area contributed by atoms with Crippen LogP contribution in [0.4, 0.5) is 0 Å². The number of nitrogens with zero attached hydrogens (tertiary/aromatic N) is 1. The molecule has 0 spiro atoms. The molecule has 0 unspecified atom stereocenters. The van der Waals surface area contributed by atoms with Crippen LogP contribution in [0.15, 0.2) is 36.4 Å². The number of phenolic OH excluding ortho intramolecular Hbond substituents is 1. The van der Waals surface area contributed by atoms with Gasteiger partial charge in [-0.15, -0.1) is 0 Å². The Morgan fingerprint density at radius 1 is 1.21 bits per heavy atom. The molecule has 2 aromatic carbocycles. The average Bonchev–Trinajstić information content (AvgIpc) is 2.75. The van der Waals surface area contributed by atoms with Crippen LogP contribution in [0.2, 0.25) is 0 Å². The lowest BCUT2D eigenvalue weighted by atomic mass is 9.88. The molecule has 7 heteroatoms. The summed E-state index contributed by atoms with van der Waals surface area (Å²) in [4.78, 5) is 31.5. The Bertz CT molecular complexity index is 905. The summed E-state index contributed by atoms with van der Waals surface area (Å²) < 4.78 is 0. The number of nitrogens with one attached hydrogen (secondary N) is 1. The van der Waals surface area contributed by atoms with Crippen LogP contribution in [-0.2, 0) is 11.4 Å². The highest BCUT2D eigenvalue weighted by molar-refractivity contribution is 6.04. The summed E-state index contributed by atoms with van der Waals surface area (Å²) in [7, 11) is 1.31. The Kier molecular flexibility index (Phi) is 6.51. The summed E-state index contributed by atoms with van der Waals surface area (Å²) in [5, 5.41) is 10.5. The van der Waals surface area contributed by atoms with Crippen molar-refractivity contribution in [3.8, 4) is 5.75 Å². The fourth-order valence-electron chi connectivity index (χ4n) is 3.82.